The van der Waals surface area contributed by atoms with Crippen LogP contribution in [-0.4, -0.2) is 12.4 Å². The second kappa shape index (κ2) is 3.17. The third kappa shape index (κ3) is 1.93. The number of rotatable bonds is 0. The van der Waals surface area contributed by atoms with E-state index in [4.69, 9.17) is 4.74 Å². The number of carbonyl (C=O) groups excluding carboxylic acids is 1. The Morgan fingerprint density at radius 3 is 2.31 bits per heavy atom. The molecule has 0 saturated carbocycles. The molecule has 0 saturated heterocycles. The van der Waals surface area contributed by atoms with Gasteiger partial charge in [-0.3, -0.25) is 4.79 Å². The quantitative estimate of drug-likeness (QED) is 0.575. The Labute approximate surface area is 80.0 Å². The molecule has 1 unspecified atom stereocenters. The zero-order valence-electron chi connectivity index (χ0n) is 9.10. The van der Waals surface area contributed by atoms with Crippen LogP contribution in [0, 0.1) is 11.3 Å². The van der Waals surface area contributed by atoms with Gasteiger partial charge in [0.2, 0.25) is 0 Å². The van der Waals surface area contributed by atoms with Crippen molar-refractivity contribution in [1.82, 2.24) is 0 Å². The molecule has 74 valence electrons. The maximum atomic E-state index is 11.8. The Kier molecular flexibility index (Phi) is 2.51. The van der Waals surface area contributed by atoms with E-state index in [0.29, 0.717) is 6.61 Å². The van der Waals surface area contributed by atoms with Gasteiger partial charge in [-0.25, -0.2) is 0 Å². The maximum absolute atomic E-state index is 11.8. The van der Waals surface area contributed by atoms with Crippen LogP contribution in [-0.2, 0) is 9.53 Å². The van der Waals surface area contributed by atoms with Crippen molar-refractivity contribution in [1.29, 1.82) is 0 Å². The summed E-state index contributed by atoms with van der Waals surface area (Å²) in [7, 11) is 0. The third-order valence-corrected chi connectivity index (χ3v) is 2.73. The van der Waals surface area contributed by atoms with Gasteiger partial charge in [0.15, 0.2) is 5.78 Å². The van der Waals surface area contributed by atoms with Gasteiger partial charge in [0.05, 0.1) is 18.3 Å². The Balaban J connectivity index is 2.93. The first kappa shape index (κ1) is 10.3. The largest absolute Gasteiger partial charge is 0.497 e. The molecule has 0 fully saturated rings. The summed E-state index contributed by atoms with van der Waals surface area (Å²) in [6, 6.07) is 0. The first-order valence-electron chi connectivity index (χ1n) is 4.68. The number of hydrogen-bond acceptors (Lipinski definition) is 2. The van der Waals surface area contributed by atoms with Gasteiger partial charge in [-0.05, 0) is 19.3 Å². The van der Waals surface area contributed by atoms with Crippen LogP contribution in [0.3, 0.4) is 0 Å². The molecule has 13 heavy (non-hydrogen) atoms. The van der Waals surface area contributed by atoms with Gasteiger partial charge < -0.3 is 4.74 Å². The standard InChI is InChI=1S/C11H18O2/c1-7-8(2)13-6-9(10(7)12)11(3,4)5/h9H,6H2,1-5H3. The minimum atomic E-state index is -0.000949. The molecule has 0 amide bonds. The normalized spacial score (nSPS) is 24.7. The van der Waals surface area contributed by atoms with E-state index in [1.54, 1.807) is 0 Å². The Bertz CT molecular complexity index is 256. The van der Waals surface area contributed by atoms with Crippen molar-refractivity contribution >= 4 is 5.78 Å². The summed E-state index contributed by atoms with van der Waals surface area (Å²) in [5.41, 5.74) is 0.783. The topological polar surface area (TPSA) is 26.3 Å². The predicted molar refractivity (Wildman–Crippen MR) is 52.3 cm³/mol. The minimum Gasteiger partial charge on any atom is -0.497 e. The average Bonchev–Trinajstić information content (AvgIpc) is 1.98. The van der Waals surface area contributed by atoms with Gasteiger partial charge in [-0.2, -0.15) is 0 Å². The molecule has 0 aromatic heterocycles. The van der Waals surface area contributed by atoms with Crippen LogP contribution in [0.4, 0.5) is 0 Å². The lowest BCUT2D eigenvalue weighted by atomic mass is 9.76. The van der Waals surface area contributed by atoms with Gasteiger partial charge in [0.25, 0.3) is 0 Å². The lowest BCUT2D eigenvalue weighted by Crippen LogP contribution is -2.36. The molecular formula is C11H18O2. The molecule has 1 rings (SSSR count). The van der Waals surface area contributed by atoms with Gasteiger partial charge in [0, 0.05) is 5.57 Å². The van der Waals surface area contributed by atoms with E-state index in [0.717, 1.165) is 11.3 Å². The summed E-state index contributed by atoms with van der Waals surface area (Å²) < 4.78 is 5.46. The van der Waals surface area contributed by atoms with E-state index in [9.17, 15) is 4.79 Å². The zero-order chi connectivity index (χ0) is 10.2. The molecular weight excluding hydrogens is 164 g/mol. The summed E-state index contributed by atoms with van der Waals surface area (Å²) in [6.07, 6.45) is 0. The third-order valence-electron chi connectivity index (χ3n) is 2.73. The summed E-state index contributed by atoms with van der Waals surface area (Å²) in [6.45, 7) is 10.5. The zero-order valence-corrected chi connectivity index (χ0v) is 9.10. The fourth-order valence-corrected chi connectivity index (χ4v) is 1.47. The van der Waals surface area contributed by atoms with Crippen LogP contribution in [0.15, 0.2) is 11.3 Å². The summed E-state index contributed by atoms with van der Waals surface area (Å²) in [5.74, 6) is 1.04. The van der Waals surface area contributed by atoms with Crippen LogP contribution >= 0.6 is 0 Å². The maximum Gasteiger partial charge on any atom is 0.168 e. The molecule has 1 heterocycles. The van der Waals surface area contributed by atoms with E-state index in [2.05, 4.69) is 20.8 Å². The molecule has 0 aromatic carbocycles. The van der Waals surface area contributed by atoms with Crippen molar-refractivity contribution in [3.63, 3.8) is 0 Å². The van der Waals surface area contributed by atoms with E-state index in [-0.39, 0.29) is 17.1 Å². The summed E-state index contributed by atoms with van der Waals surface area (Å²) in [4.78, 5) is 11.8. The molecule has 0 bridgehead atoms. The molecule has 0 radical (unpaired) electrons. The van der Waals surface area contributed by atoms with Gasteiger partial charge >= 0.3 is 0 Å². The Morgan fingerprint density at radius 1 is 1.31 bits per heavy atom. The monoisotopic (exact) mass is 182 g/mol. The van der Waals surface area contributed by atoms with E-state index in [1.165, 1.54) is 0 Å². The molecule has 0 aliphatic carbocycles. The van der Waals surface area contributed by atoms with Crippen LogP contribution in [0.2, 0.25) is 0 Å². The Morgan fingerprint density at radius 2 is 1.85 bits per heavy atom. The SMILES string of the molecule is CC1=C(C)C(=O)C(C(C)(C)C)CO1. The molecule has 0 aromatic rings. The number of allylic oxidation sites excluding steroid dienone is 2. The van der Waals surface area contributed by atoms with Crippen molar-refractivity contribution < 1.29 is 9.53 Å². The van der Waals surface area contributed by atoms with Crippen LogP contribution in [0.5, 0.6) is 0 Å². The molecule has 1 aliphatic rings. The first-order chi connectivity index (χ1) is 5.84. The highest BCUT2D eigenvalue weighted by Gasteiger charge is 2.35. The van der Waals surface area contributed by atoms with E-state index in [1.807, 2.05) is 13.8 Å². The van der Waals surface area contributed by atoms with Gasteiger partial charge in [-0.15, -0.1) is 0 Å². The lowest BCUT2D eigenvalue weighted by molar-refractivity contribution is -0.126. The fourth-order valence-electron chi connectivity index (χ4n) is 1.47. The number of hydrogen-bond donors (Lipinski definition) is 0. The highest BCUT2D eigenvalue weighted by atomic mass is 16.5. The number of Topliss-reactive ketones (excluding diaryl/α,β-unsaturated/α-hetero) is 1. The first-order valence-corrected chi connectivity index (χ1v) is 4.68. The summed E-state index contributed by atoms with van der Waals surface area (Å²) in [5, 5.41) is 0. The van der Waals surface area contributed by atoms with Crippen LogP contribution < -0.4 is 0 Å². The molecule has 1 atom stereocenters. The second-order valence-corrected chi connectivity index (χ2v) is 4.78. The second-order valence-electron chi connectivity index (χ2n) is 4.78. The highest BCUT2D eigenvalue weighted by molar-refractivity contribution is 5.98. The predicted octanol–water partition coefficient (Wildman–Crippen LogP) is 2.54. The average molecular weight is 182 g/mol. The molecule has 1 aliphatic heterocycles. The molecule has 2 heteroatoms. The van der Waals surface area contributed by atoms with E-state index >= 15 is 0 Å². The van der Waals surface area contributed by atoms with Crippen molar-refractivity contribution in [2.45, 2.75) is 34.6 Å². The number of carbonyl (C=O) groups is 1. The smallest absolute Gasteiger partial charge is 0.168 e. The molecule has 0 N–H and O–H groups in total. The lowest BCUT2D eigenvalue weighted by Gasteiger charge is -2.33. The van der Waals surface area contributed by atoms with Crippen LogP contribution in [0.25, 0.3) is 0 Å². The molecule has 0 spiro atoms. The number of ether oxygens (including phenoxy) is 1. The molecule has 2 nitrogen and oxygen atoms in total. The Hall–Kier alpha value is -0.790. The fraction of sp³-hybridized carbons (Fsp3) is 0.727. The van der Waals surface area contributed by atoms with Crippen molar-refractivity contribution in [2.75, 3.05) is 6.61 Å². The van der Waals surface area contributed by atoms with Crippen LogP contribution in [0.1, 0.15) is 34.6 Å². The van der Waals surface area contributed by atoms with Crippen molar-refractivity contribution in [2.24, 2.45) is 11.3 Å². The van der Waals surface area contributed by atoms with Crippen molar-refractivity contribution in [3.8, 4) is 0 Å². The minimum absolute atomic E-state index is 0.000949. The summed E-state index contributed by atoms with van der Waals surface area (Å²) >= 11 is 0. The van der Waals surface area contributed by atoms with Crippen molar-refractivity contribution in [3.05, 3.63) is 11.3 Å². The van der Waals surface area contributed by atoms with Gasteiger partial charge in [0.1, 0.15) is 0 Å². The van der Waals surface area contributed by atoms with Gasteiger partial charge in [-0.1, -0.05) is 20.8 Å². The highest BCUT2D eigenvalue weighted by Crippen LogP contribution is 2.33. The number of ketones is 1. The van der Waals surface area contributed by atoms with E-state index < -0.39 is 0 Å².